The van der Waals surface area contributed by atoms with Crippen LogP contribution in [-0.4, -0.2) is 27.6 Å². The number of hydrogen-bond donors (Lipinski definition) is 2. The summed E-state index contributed by atoms with van der Waals surface area (Å²) in [5, 5.41) is 18.6. The van der Waals surface area contributed by atoms with Crippen LogP contribution in [0.4, 0.5) is 0 Å². The number of nitrogens with zero attached hydrogens (tertiary/aromatic N) is 1. The number of benzene rings is 2. The van der Waals surface area contributed by atoms with Crippen molar-refractivity contribution < 1.29 is 15.0 Å². The molecule has 1 unspecified atom stereocenters. The summed E-state index contributed by atoms with van der Waals surface area (Å²) in [7, 11) is 0. The highest BCUT2D eigenvalue weighted by Gasteiger charge is 2.29. The fourth-order valence-electron chi connectivity index (χ4n) is 3.02. The van der Waals surface area contributed by atoms with E-state index in [9.17, 15) is 9.90 Å². The lowest BCUT2D eigenvalue weighted by Crippen LogP contribution is -2.36. The van der Waals surface area contributed by atoms with E-state index in [1.165, 1.54) is 0 Å². The van der Waals surface area contributed by atoms with Gasteiger partial charge in [0, 0.05) is 19.6 Å². The third kappa shape index (κ3) is 3.03. The molecular formula is C18H19NO3. The predicted molar refractivity (Wildman–Crippen MR) is 83.3 cm³/mol. The molecule has 1 heterocycles. The van der Waals surface area contributed by atoms with Crippen molar-refractivity contribution in [3.8, 4) is 0 Å². The van der Waals surface area contributed by atoms with Gasteiger partial charge in [-0.1, -0.05) is 48.5 Å². The molecule has 2 aromatic rings. The third-order valence-corrected chi connectivity index (χ3v) is 4.18. The largest absolute Gasteiger partial charge is 0.481 e. The van der Waals surface area contributed by atoms with E-state index in [2.05, 4.69) is 4.90 Å². The minimum Gasteiger partial charge on any atom is -0.481 e. The zero-order valence-corrected chi connectivity index (χ0v) is 12.3. The lowest BCUT2D eigenvalue weighted by Gasteiger charge is -2.32. The third-order valence-electron chi connectivity index (χ3n) is 4.18. The van der Waals surface area contributed by atoms with Gasteiger partial charge in [0.15, 0.2) is 0 Å². The molecule has 3 rings (SSSR count). The van der Waals surface area contributed by atoms with E-state index < -0.39 is 11.9 Å². The molecule has 2 N–H and O–H groups in total. The first-order valence-corrected chi connectivity index (χ1v) is 7.39. The quantitative estimate of drug-likeness (QED) is 0.909. The van der Waals surface area contributed by atoms with Gasteiger partial charge in [0.2, 0.25) is 0 Å². The van der Waals surface area contributed by atoms with E-state index in [-0.39, 0.29) is 6.61 Å². The monoisotopic (exact) mass is 297 g/mol. The lowest BCUT2D eigenvalue weighted by molar-refractivity contribution is -0.139. The van der Waals surface area contributed by atoms with E-state index in [0.29, 0.717) is 13.1 Å². The molecule has 0 amide bonds. The Bertz CT molecular complexity index is 666. The van der Waals surface area contributed by atoms with Crippen molar-refractivity contribution in [2.24, 2.45) is 0 Å². The van der Waals surface area contributed by atoms with Crippen LogP contribution in [0.2, 0.25) is 0 Å². The molecule has 1 atom stereocenters. The zero-order valence-electron chi connectivity index (χ0n) is 12.3. The van der Waals surface area contributed by atoms with Gasteiger partial charge in [-0.15, -0.1) is 0 Å². The molecule has 1 aliphatic rings. The molecule has 0 spiro atoms. The zero-order chi connectivity index (χ0) is 15.5. The van der Waals surface area contributed by atoms with Crippen molar-refractivity contribution >= 4 is 5.97 Å². The molecule has 0 aromatic heterocycles. The molecule has 4 heteroatoms. The Balaban J connectivity index is 1.79. The van der Waals surface area contributed by atoms with Crippen LogP contribution in [0.5, 0.6) is 0 Å². The van der Waals surface area contributed by atoms with Crippen LogP contribution in [0.1, 0.15) is 28.2 Å². The maximum absolute atomic E-state index is 11.5. The molecule has 22 heavy (non-hydrogen) atoms. The fraction of sp³-hybridized carbons (Fsp3) is 0.278. The van der Waals surface area contributed by atoms with E-state index >= 15 is 0 Å². The number of rotatable bonds is 4. The Labute approximate surface area is 129 Å². The summed E-state index contributed by atoms with van der Waals surface area (Å²) in [6, 6.07) is 15.6. The lowest BCUT2D eigenvalue weighted by atomic mass is 9.89. The molecule has 0 saturated carbocycles. The van der Waals surface area contributed by atoms with Gasteiger partial charge < -0.3 is 10.2 Å². The van der Waals surface area contributed by atoms with Crippen molar-refractivity contribution in [3.63, 3.8) is 0 Å². The van der Waals surface area contributed by atoms with Crippen LogP contribution >= 0.6 is 0 Å². The summed E-state index contributed by atoms with van der Waals surface area (Å²) < 4.78 is 0. The van der Waals surface area contributed by atoms with Gasteiger partial charge >= 0.3 is 5.97 Å². The second-order valence-electron chi connectivity index (χ2n) is 5.73. The van der Waals surface area contributed by atoms with Gasteiger partial charge in [0.05, 0.1) is 12.5 Å². The smallest absolute Gasteiger partial charge is 0.312 e. The molecule has 1 aliphatic heterocycles. The average Bonchev–Trinajstić information content (AvgIpc) is 2.54. The minimum absolute atomic E-state index is 0.0401. The molecule has 4 nitrogen and oxygen atoms in total. The maximum atomic E-state index is 11.5. The minimum atomic E-state index is -0.771. The molecule has 2 aromatic carbocycles. The summed E-state index contributed by atoms with van der Waals surface area (Å²) in [6.45, 7) is 2.04. The number of carbonyl (C=O) groups is 1. The molecule has 0 saturated heterocycles. The number of hydrogen-bond acceptors (Lipinski definition) is 3. The Hall–Kier alpha value is -2.17. The summed E-state index contributed by atoms with van der Waals surface area (Å²) in [4.78, 5) is 13.7. The molecule has 114 valence electrons. The summed E-state index contributed by atoms with van der Waals surface area (Å²) in [6.07, 6.45) is 0. The molecular weight excluding hydrogens is 278 g/mol. The van der Waals surface area contributed by atoms with Gasteiger partial charge in [-0.2, -0.15) is 0 Å². The second-order valence-corrected chi connectivity index (χ2v) is 5.73. The normalized spacial score (nSPS) is 18.0. The highest BCUT2D eigenvalue weighted by molar-refractivity contribution is 5.77. The Morgan fingerprint density at radius 1 is 1.09 bits per heavy atom. The van der Waals surface area contributed by atoms with E-state index in [1.807, 2.05) is 48.5 Å². The number of fused-ring (bicyclic) bond motifs is 1. The van der Waals surface area contributed by atoms with Gasteiger partial charge in [-0.05, 0) is 22.3 Å². The first-order chi connectivity index (χ1) is 10.7. The first-order valence-electron chi connectivity index (χ1n) is 7.39. The molecule has 0 aliphatic carbocycles. The Morgan fingerprint density at radius 3 is 2.45 bits per heavy atom. The van der Waals surface area contributed by atoms with E-state index in [1.54, 1.807) is 0 Å². The Kier molecular flexibility index (Phi) is 4.22. The van der Waals surface area contributed by atoms with E-state index in [4.69, 9.17) is 5.11 Å². The first kappa shape index (κ1) is 14.8. The van der Waals surface area contributed by atoms with Crippen LogP contribution in [-0.2, 0) is 24.5 Å². The van der Waals surface area contributed by atoms with Crippen molar-refractivity contribution in [3.05, 3.63) is 70.8 Å². The molecule has 0 bridgehead atoms. The Morgan fingerprint density at radius 2 is 1.77 bits per heavy atom. The van der Waals surface area contributed by atoms with Crippen LogP contribution in [0.15, 0.2) is 48.5 Å². The summed E-state index contributed by atoms with van der Waals surface area (Å²) in [5.41, 5.74) is 4.03. The number of carboxylic acids is 1. The van der Waals surface area contributed by atoms with Crippen molar-refractivity contribution in [1.29, 1.82) is 0 Å². The van der Waals surface area contributed by atoms with Crippen LogP contribution in [0.3, 0.4) is 0 Å². The number of aliphatic hydroxyl groups excluding tert-OH is 1. The topological polar surface area (TPSA) is 60.8 Å². The van der Waals surface area contributed by atoms with Crippen molar-refractivity contribution in [2.45, 2.75) is 25.6 Å². The number of carboxylic acid groups (broad SMARTS) is 1. The highest BCUT2D eigenvalue weighted by atomic mass is 16.4. The molecule has 0 fully saturated rings. The number of aliphatic hydroxyl groups is 1. The van der Waals surface area contributed by atoms with Crippen LogP contribution < -0.4 is 0 Å². The SMILES string of the molecule is O=C(O)C1CN(Cc2ccc(CO)cc2)Cc2ccccc21. The number of aliphatic carboxylic acids is 1. The summed E-state index contributed by atoms with van der Waals surface area (Å²) in [5.74, 6) is -1.24. The van der Waals surface area contributed by atoms with Crippen LogP contribution in [0, 0.1) is 0 Å². The van der Waals surface area contributed by atoms with E-state index in [0.717, 1.165) is 28.8 Å². The standard InChI is InChI=1S/C18H19NO3/c20-12-14-7-5-13(6-8-14)9-19-10-15-3-1-2-4-16(15)17(11-19)18(21)22/h1-8,17,20H,9-12H2,(H,21,22). The molecule has 0 radical (unpaired) electrons. The average molecular weight is 297 g/mol. The van der Waals surface area contributed by atoms with Gasteiger partial charge in [0.25, 0.3) is 0 Å². The highest BCUT2D eigenvalue weighted by Crippen LogP contribution is 2.29. The van der Waals surface area contributed by atoms with Crippen molar-refractivity contribution in [1.82, 2.24) is 4.90 Å². The second kappa shape index (κ2) is 6.30. The van der Waals surface area contributed by atoms with Gasteiger partial charge in [-0.25, -0.2) is 0 Å². The fourth-order valence-corrected chi connectivity index (χ4v) is 3.02. The summed E-state index contributed by atoms with van der Waals surface area (Å²) >= 11 is 0. The maximum Gasteiger partial charge on any atom is 0.312 e. The van der Waals surface area contributed by atoms with Gasteiger partial charge in [0.1, 0.15) is 0 Å². The van der Waals surface area contributed by atoms with Crippen molar-refractivity contribution in [2.75, 3.05) is 6.54 Å². The predicted octanol–water partition coefficient (Wildman–Crippen LogP) is 2.36. The van der Waals surface area contributed by atoms with Crippen LogP contribution in [0.25, 0.3) is 0 Å². The van der Waals surface area contributed by atoms with Gasteiger partial charge in [-0.3, -0.25) is 9.69 Å².